The third-order valence-electron chi connectivity index (χ3n) is 3.83. The van der Waals surface area contributed by atoms with E-state index in [0.717, 1.165) is 12.8 Å². The van der Waals surface area contributed by atoms with E-state index in [9.17, 15) is 9.13 Å². The molecule has 1 aliphatic rings. The quantitative estimate of drug-likeness (QED) is 0.279. The summed E-state index contributed by atoms with van der Waals surface area (Å²) >= 11 is 0. The molecule has 23 heavy (non-hydrogen) atoms. The first-order valence-electron chi connectivity index (χ1n) is 8.68. The molecule has 0 aromatic heterocycles. The normalized spacial score (nSPS) is 21.2. The second-order valence-electron chi connectivity index (χ2n) is 5.85. The number of hydrogen-bond acceptors (Lipinski definition) is 6. The lowest BCUT2D eigenvalue weighted by molar-refractivity contribution is -0.0222. The molecule has 6 nitrogen and oxygen atoms in total. The van der Waals surface area contributed by atoms with Gasteiger partial charge in [-0.15, -0.1) is 0 Å². The summed E-state index contributed by atoms with van der Waals surface area (Å²) in [5.74, 6) is 0. The Morgan fingerprint density at radius 2 is 1.09 bits per heavy atom. The molecule has 2 atom stereocenters. The molecule has 0 aliphatic carbocycles. The first kappa shape index (κ1) is 23.0. The summed E-state index contributed by atoms with van der Waals surface area (Å²) in [5, 5.41) is 0. The molecule has 1 fully saturated rings. The van der Waals surface area contributed by atoms with Crippen LogP contribution in [0, 0.1) is 0 Å². The van der Waals surface area contributed by atoms with Gasteiger partial charge in [0.25, 0.3) is 6.29 Å². The summed E-state index contributed by atoms with van der Waals surface area (Å²) in [5.41, 5.74) is 0. The molecule has 1 aliphatic heterocycles. The summed E-state index contributed by atoms with van der Waals surface area (Å²) < 4.78 is 36.4. The monoisotopic (exact) mass is 369 g/mol. The van der Waals surface area contributed by atoms with E-state index in [-0.39, 0.29) is 6.15 Å². The molecule has 2 unspecified atom stereocenters. The maximum Gasteiger partial charge on any atom is 0.750 e. The highest BCUT2D eigenvalue weighted by Gasteiger charge is 2.51. The number of unbranched alkanes of at least 4 members (excludes halogenated alkanes) is 11. The number of hydrogen-bond donors (Lipinski definition) is 1. The van der Waals surface area contributed by atoms with Gasteiger partial charge in [-0.3, -0.25) is 0 Å². The van der Waals surface area contributed by atoms with Crippen molar-refractivity contribution in [2.24, 2.45) is 0 Å². The second kappa shape index (κ2) is 15.6. The summed E-state index contributed by atoms with van der Waals surface area (Å²) in [6.07, 6.45) is 15.4. The van der Waals surface area contributed by atoms with Gasteiger partial charge in [-0.2, -0.15) is 0 Å². The topological polar surface area (TPSA) is 96.8 Å². The van der Waals surface area contributed by atoms with Gasteiger partial charge in [-0.1, -0.05) is 86.6 Å². The van der Waals surface area contributed by atoms with Crippen molar-refractivity contribution in [2.45, 2.75) is 96.7 Å². The van der Waals surface area contributed by atoms with Crippen molar-refractivity contribution in [3.05, 3.63) is 0 Å². The van der Waals surface area contributed by atoms with Crippen LogP contribution in [-0.4, -0.2) is 6.29 Å². The molecule has 136 valence electrons. The zero-order valence-corrected chi connectivity index (χ0v) is 16.2. The van der Waals surface area contributed by atoms with Crippen LogP contribution < -0.4 is 6.15 Å². The molecular formula is C15H33NO5P2+2. The van der Waals surface area contributed by atoms with Crippen LogP contribution in [0.1, 0.15) is 90.4 Å². The zero-order chi connectivity index (χ0) is 16.0. The Hall–Kier alpha value is 0.0400. The van der Waals surface area contributed by atoms with E-state index in [0.29, 0.717) is 6.42 Å². The molecule has 1 saturated heterocycles. The smallest absolute Gasteiger partial charge is 0.344 e. The van der Waals surface area contributed by atoms with Crippen molar-refractivity contribution >= 4 is 16.5 Å². The number of rotatable bonds is 13. The van der Waals surface area contributed by atoms with Crippen molar-refractivity contribution in [3.63, 3.8) is 0 Å². The molecule has 0 aromatic carbocycles. The van der Waals surface area contributed by atoms with Gasteiger partial charge in [0, 0.05) is 15.6 Å². The van der Waals surface area contributed by atoms with Crippen molar-refractivity contribution in [1.29, 1.82) is 0 Å². The van der Waals surface area contributed by atoms with E-state index in [1.807, 2.05) is 0 Å². The second-order valence-corrected chi connectivity index (χ2v) is 7.82. The lowest BCUT2D eigenvalue weighted by atomic mass is 10.0. The van der Waals surface area contributed by atoms with Gasteiger partial charge < -0.3 is 6.15 Å². The van der Waals surface area contributed by atoms with Crippen LogP contribution in [0.15, 0.2) is 0 Å². The van der Waals surface area contributed by atoms with Crippen LogP contribution in [-0.2, 0) is 22.5 Å². The maximum atomic E-state index is 11.0. The molecule has 0 spiro atoms. The molecule has 0 radical (unpaired) electrons. The molecule has 1 rings (SSSR count). The SMILES string of the molecule is CCCCCCCCCCCCCCC1O[P+](=O)O[P+](=O)O1.N. The van der Waals surface area contributed by atoms with Crippen LogP contribution in [0.25, 0.3) is 0 Å². The van der Waals surface area contributed by atoms with Crippen molar-refractivity contribution in [1.82, 2.24) is 6.15 Å². The predicted molar refractivity (Wildman–Crippen MR) is 93.0 cm³/mol. The van der Waals surface area contributed by atoms with Gasteiger partial charge in [0.2, 0.25) is 0 Å². The van der Waals surface area contributed by atoms with Crippen LogP contribution in [0.4, 0.5) is 0 Å². The van der Waals surface area contributed by atoms with Gasteiger partial charge in [0.05, 0.1) is 0 Å². The molecule has 1 heterocycles. The fourth-order valence-corrected chi connectivity index (χ4v) is 4.05. The highest BCUT2D eigenvalue weighted by molar-refractivity contribution is 7.48. The Kier molecular flexibility index (Phi) is 15.6. The van der Waals surface area contributed by atoms with Crippen molar-refractivity contribution in [2.75, 3.05) is 0 Å². The van der Waals surface area contributed by atoms with E-state index < -0.39 is 22.8 Å². The molecular weight excluding hydrogens is 336 g/mol. The highest BCUT2D eigenvalue weighted by Crippen LogP contribution is 2.48. The maximum absolute atomic E-state index is 11.0. The van der Waals surface area contributed by atoms with Crippen LogP contribution in [0.2, 0.25) is 0 Å². The molecule has 0 aromatic rings. The average molecular weight is 369 g/mol. The van der Waals surface area contributed by atoms with E-state index in [1.165, 1.54) is 64.2 Å². The van der Waals surface area contributed by atoms with Gasteiger partial charge >= 0.3 is 16.5 Å². The predicted octanol–water partition coefficient (Wildman–Crippen LogP) is 6.94. The summed E-state index contributed by atoms with van der Waals surface area (Å²) in [6.45, 7) is 2.25. The summed E-state index contributed by atoms with van der Waals surface area (Å²) in [7, 11) is -4.54. The van der Waals surface area contributed by atoms with Gasteiger partial charge in [-0.05, 0) is 6.42 Å². The first-order chi connectivity index (χ1) is 10.7. The Bertz CT molecular complexity index is 315. The first-order valence-corrected chi connectivity index (χ1v) is 10.9. The summed E-state index contributed by atoms with van der Waals surface area (Å²) in [4.78, 5) is 0. The molecule has 3 N–H and O–H groups in total. The molecule has 0 saturated carbocycles. The third kappa shape index (κ3) is 13.1. The van der Waals surface area contributed by atoms with Crippen LogP contribution in [0.3, 0.4) is 0 Å². The highest BCUT2D eigenvalue weighted by atomic mass is 31.2. The fraction of sp³-hybridized carbons (Fsp3) is 1.00. The Balaban J connectivity index is 0.00000484. The van der Waals surface area contributed by atoms with Crippen molar-refractivity contribution in [3.8, 4) is 0 Å². The van der Waals surface area contributed by atoms with E-state index in [1.54, 1.807) is 0 Å². The minimum atomic E-state index is -2.27. The zero-order valence-electron chi connectivity index (χ0n) is 14.4. The molecule has 0 bridgehead atoms. The molecule has 8 heteroatoms. The Labute approximate surface area is 142 Å². The lowest BCUT2D eigenvalue weighted by Crippen LogP contribution is -2.13. The van der Waals surface area contributed by atoms with E-state index in [2.05, 4.69) is 11.2 Å². The van der Waals surface area contributed by atoms with Crippen LogP contribution >= 0.6 is 16.5 Å². The summed E-state index contributed by atoms with van der Waals surface area (Å²) in [6, 6.07) is 0. The standard InChI is InChI=1S/C15H30O5P2.H3N/c1-2-3-4-5-6-7-8-9-10-11-12-13-14-15-18-21(16)20-22(17)19-15;/h15H,2-14H2,1H3;1H3/q+2;. The van der Waals surface area contributed by atoms with E-state index >= 15 is 0 Å². The van der Waals surface area contributed by atoms with Gasteiger partial charge in [0.1, 0.15) is 0 Å². The molecule has 0 amide bonds. The van der Waals surface area contributed by atoms with E-state index in [4.69, 9.17) is 9.05 Å². The largest absolute Gasteiger partial charge is 0.750 e. The minimum Gasteiger partial charge on any atom is -0.344 e. The lowest BCUT2D eigenvalue weighted by Gasteiger charge is -2.05. The van der Waals surface area contributed by atoms with Gasteiger partial charge in [-0.25, -0.2) is 0 Å². The minimum absolute atomic E-state index is 0. The Morgan fingerprint density at radius 1 is 0.696 bits per heavy atom. The third-order valence-corrected chi connectivity index (χ3v) is 5.72. The van der Waals surface area contributed by atoms with Gasteiger partial charge in [0.15, 0.2) is 4.31 Å². The fourth-order valence-electron chi connectivity index (χ4n) is 2.56. The average Bonchev–Trinajstić information content (AvgIpc) is 2.47. The van der Waals surface area contributed by atoms with Crippen molar-refractivity contribution < 1.29 is 22.5 Å². The Morgan fingerprint density at radius 3 is 1.52 bits per heavy atom. The van der Waals surface area contributed by atoms with Crippen LogP contribution in [0.5, 0.6) is 0 Å².